The van der Waals surface area contributed by atoms with Crippen LogP contribution in [0, 0.1) is 0 Å². The Hall–Kier alpha value is -0.230. The van der Waals surface area contributed by atoms with Gasteiger partial charge in [0.15, 0.2) is 11.5 Å². The van der Waals surface area contributed by atoms with Crippen LogP contribution in [0.15, 0.2) is 31.8 Å². The normalized spacial score (nSPS) is 12.2. The second-order valence-electron chi connectivity index (χ2n) is 4.23. The Morgan fingerprint density at radius 3 is 2.24 bits per heavy atom. The molecule has 0 spiro atoms. The second-order valence-corrected chi connectivity index (χ2v) is 7.81. The zero-order valence-electron chi connectivity index (χ0n) is 11.7. The van der Waals surface area contributed by atoms with Crippen LogP contribution in [-0.2, 0) is 0 Å². The fourth-order valence-corrected chi connectivity index (χ4v) is 4.18. The van der Waals surface area contributed by atoms with Crippen LogP contribution < -0.4 is 9.47 Å². The minimum atomic E-state index is -0.239. The summed E-state index contributed by atoms with van der Waals surface area (Å²) in [7, 11) is 0. The largest absolute Gasteiger partial charge is 0.490 e. The maximum Gasteiger partial charge on any atom is 0.162 e. The molecule has 0 amide bonds. The van der Waals surface area contributed by atoms with Crippen LogP contribution in [0.1, 0.15) is 30.4 Å². The number of benzene rings is 1. The van der Waals surface area contributed by atoms with E-state index < -0.39 is 0 Å². The Balaban J connectivity index is 2.40. The van der Waals surface area contributed by atoms with Gasteiger partial charge in [-0.1, -0.05) is 15.9 Å². The lowest BCUT2D eigenvalue weighted by Crippen LogP contribution is -2.01. The first-order valence-corrected chi connectivity index (χ1v) is 9.44. The van der Waals surface area contributed by atoms with Crippen molar-refractivity contribution in [3.8, 4) is 11.5 Å². The highest BCUT2D eigenvalue weighted by Gasteiger charge is 2.19. The molecule has 0 saturated heterocycles. The van der Waals surface area contributed by atoms with Crippen molar-refractivity contribution < 1.29 is 9.47 Å². The smallest absolute Gasteiger partial charge is 0.162 e. The van der Waals surface area contributed by atoms with Crippen LogP contribution in [0.5, 0.6) is 11.5 Å². The van der Waals surface area contributed by atoms with E-state index in [1.54, 1.807) is 11.3 Å². The molecule has 0 radical (unpaired) electrons. The van der Waals surface area contributed by atoms with Crippen LogP contribution in [0.3, 0.4) is 0 Å². The number of ether oxygens (including phenoxy) is 2. The molecule has 0 aliphatic rings. The number of hydrogen-bond acceptors (Lipinski definition) is 3. The molecule has 0 saturated carbocycles. The molecule has 114 valence electrons. The molecule has 0 N–H and O–H groups in total. The first kappa shape index (κ1) is 17.1. The predicted molar refractivity (Wildman–Crippen MR) is 96.2 cm³/mol. The Bertz CT molecular complexity index is 616. The van der Waals surface area contributed by atoms with E-state index in [0.29, 0.717) is 13.2 Å². The van der Waals surface area contributed by atoms with Gasteiger partial charge in [-0.05, 0) is 64.5 Å². The van der Waals surface area contributed by atoms with Crippen LogP contribution in [0.4, 0.5) is 0 Å². The average Bonchev–Trinajstić information content (AvgIpc) is 2.88. The Kier molecular flexibility index (Phi) is 6.41. The molecular formula is C15H15Br2ClO2S. The lowest BCUT2D eigenvalue weighted by atomic mass is 10.1. The Morgan fingerprint density at radius 1 is 1.10 bits per heavy atom. The van der Waals surface area contributed by atoms with Gasteiger partial charge in [0.2, 0.25) is 0 Å². The van der Waals surface area contributed by atoms with E-state index in [-0.39, 0.29) is 5.38 Å². The number of alkyl halides is 1. The highest BCUT2D eigenvalue weighted by molar-refractivity contribution is 9.11. The topological polar surface area (TPSA) is 18.5 Å². The van der Waals surface area contributed by atoms with E-state index in [0.717, 1.165) is 30.9 Å². The molecule has 2 nitrogen and oxygen atoms in total. The third kappa shape index (κ3) is 4.15. The van der Waals surface area contributed by atoms with Gasteiger partial charge in [0, 0.05) is 4.47 Å². The fourth-order valence-electron chi connectivity index (χ4n) is 1.92. The summed E-state index contributed by atoms with van der Waals surface area (Å²) >= 11 is 15.3. The van der Waals surface area contributed by atoms with Crippen molar-refractivity contribution in [2.24, 2.45) is 0 Å². The highest BCUT2D eigenvalue weighted by Crippen LogP contribution is 2.42. The van der Waals surface area contributed by atoms with Crippen molar-refractivity contribution in [1.29, 1.82) is 0 Å². The summed E-state index contributed by atoms with van der Waals surface area (Å²) < 4.78 is 13.3. The van der Waals surface area contributed by atoms with Crippen molar-refractivity contribution in [2.75, 3.05) is 13.2 Å². The quantitative estimate of drug-likeness (QED) is 0.470. The van der Waals surface area contributed by atoms with Crippen LogP contribution >= 0.6 is 54.8 Å². The lowest BCUT2D eigenvalue weighted by Gasteiger charge is -2.16. The van der Waals surface area contributed by atoms with E-state index in [4.69, 9.17) is 21.1 Å². The number of halogens is 3. The molecule has 0 aliphatic carbocycles. The van der Waals surface area contributed by atoms with Gasteiger partial charge in [0.05, 0.1) is 22.4 Å². The second kappa shape index (κ2) is 7.86. The van der Waals surface area contributed by atoms with Crippen molar-refractivity contribution >= 4 is 54.8 Å². The third-order valence-electron chi connectivity index (χ3n) is 2.82. The summed E-state index contributed by atoms with van der Waals surface area (Å²) in [6.45, 7) is 5.07. The van der Waals surface area contributed by atoms with Crippen molar-refractivity contribution in [3.05, 3.63) is 43.0 Å². The molecule has 6 heteroatoms. The maximum absolute atomic E-state index is 6.61. The number of thiophene rings is 1. The highest BCUT2D eigenvalue weighted by atomic mass is 79.9. The molecule has 0 aliphatic heterocycles. The molecule has 0 bridgehead atoms. The maximum atomic E-state index is 6.61. The van der Waals surface area contributed by atoms with E-state index in [9.17, 15) is 0 Å². The minimum absolute atomic E-state index is 0.239. The molecule has 1 unspecified atom stereocenters. The van der Waals surface area contributed by atoms with E-state index in [2.05, 4.69) is 31.9 Å². The Morgan fingerprint density at radius 2 is 1.71 bits per heavy atom. The number of hydrogen-bond donors (Lipinski definition) is 0. The van der Waals surface area contributed by atoms with Crippen LogP contribution in [-0.4, -0.2) is 13.2 Å². The standard InChI is InChI=1S/C15H15Br2ClO2S/c1-3-19-12-6-10(11(16)7-13(12)20-4-2)15(18)9-5-14(17)21-8-9/h5-8,15H,3-4H2,1-2H3. The summed E-state index contributed by atoms with van der Waals surface area (Å²) in [4.78, 5) is 0. The Labute approximate surface area is 150 Å². The van der Waals surface area contributed by atoms with E-state index in [1.807, 2.05) is 37.4 Å². The molecule has 1 aromatic heterocycles. The van der Waals surface area contributed by atoms with Crippen LogP contribution in [0.25, 0.3) is 0 Å². The molecule has 2 rings (SSSR count). The molecule has 1 aromatic carbocycles. The predicted octanol–water partition coefficient (Wildman–Crippen LogP) is 6.40. The lowest BCUT2D eigenvalue weighted by molar-refractivity contribution is 0.287. The van der Waals surface area contributed by atoms with Gasteiger partial charge in [-0.25, -0.2) is 0 Å². The van der Waals surface area contributed by atoms with Crippen molar-refractivity contribution in [3.63, 3.8) is 0 Å². The molecule has 21 heavy (non-hydrogen) atoms. The first-order chi connectivity index (χ1) is 10.1. The summed E-state index contributed by atoms with van der Waals surface area (Å²) in [6.07, 6.45) is 0. The summed E-state index contributed by atoms with van der Waals surface area (Å²) in [5.74, 6) is 1.45. The van der Waals surface area contributed by atoms with E-state index in [1.165, 1.54) is 0 Å². The summed E-state index contributed by atoms with van der Waals surface area (Å²) in [5.41, 5.74) is 2.02. The van der Waals surface area contributed by atoms with Gasteiger partial charge in [0.25, 0.3) is 0 Å². The molecule has 0 fully saturated rings. The van der Waals surface area contributed by atoms with Crippen molar-refractivity contribution in [1.82, 2.24) is 0 Å². The SMILES string of the molecule is CCOc1cc(Br)c(C(Cl)c2csc(Br)c2)cc1OCC. The zero-order chi connectivity index (χ0) is 15.4. The molecule has 1 heterocycles. The average molecular weight is 455 g/mol. The van der Waals surface area contributed by atoms with Gasteiger partial charge in [-0.3, -0.25) is 0 Å². The molecule has 2 aromatic rings. The first-order valence-electron chi connectivity index (χ1n) is 6.53. The van der Waals surface area contributed by atoms with Gasteiger partial charge < -0.3 is 9.47 Å². The van der Waals surface area contributed by atoms with Gasteiger partial charge >= 0.3 is 0 Å². The van der Waals surface area contributed by atoms with Gasteiger partial charge in [-0.15, -0.1) is 22.9 Å². The van der Waals surface area contributed by atoms with Crippen LogP contribution in [0.2, 0.25) is 0 Å². The molecular weight excluding hydrogens is 439 g/mol. The minimum Gasteiger partial charge on any atom is -0.490 e. The fraction of sp³-hybridized carbons (Fsp3) is 0.333. The molecule has 1 atom stereocenters. The zero-order valence-corrected chi connectivity index (χ0v) is 16.4. The summed E-state index contributed by atoms with van der Waals surface area (Å²) in [6, 6.07) is 5.90. The van der Waals surface area contributed by atoms with E-state index >= 15 is 0 Å². The number of rotatable bonds is 6. The monoisotopic (exact) mass is 452 g/mol. The van der Waals surface area contributed by atoms with Crippen molar-refractivity contribution in [2.45, 2.75) is 19.2 Å². The van der Waals surface area contributed by atoms with Gasteiger partial charge in [-0.2, -0.15) is 0 Å². The van der Waals surface area contributed by atoms with Gasteiger partial charge in [0.1, 0.15) is 0 Å². The third-order valence-corrected chi connectivity index (χ3v) is 5.51. The summed E-state index contributed by atoms with van der Waals surface area (Å²) in [5, 5.41) is 1.81.